The summed E-state index contributed by atoms with van der Waals surface area (Å²) in [7, 11) is -1.39. The Labute approximate surface area is 82.1 Å². The van der Waals surface area contributed by atoms with Crippen LogP contribution in [0.4, 0.5) is 0 Å². The molecule has 1 aliphatic carbocycles. The Kier molecular flexibility index (Phi) is 4.00. The quantitative estimate of drug-likeness (QED) is 0.300. The number of rotatable bonds is 4. The minimum atomic E-state index is -1.39. The number of ether oxygens (including phenoxy) is 1. The molecule has 1 rings (SSSR count). The van der Waals surface area contributed by atoms with Gasteiger partial charge >= 0.3 is 0 Å². The monoisotopic (exact) mass is 200 g/mol. The molecule has 0 atom stereocenters. The summed E-state index contributed by atoms with van der Waals surface area (Å²) >= 11 is 0. The van der Waals surface area contributed by atoms with Crippen LogP contribution in [0.25, 0.3) is 0 Å². The molecule has 0 amide bonds. The molecule has 0 aliphatic heterocycles. The van der Waals surface area contributed by atoms with Crippen molar-refractivity contribution in [3.8, 4) is 0 Å². The minimum absolute atomic E-state index is 0.430. The second-order valence-corrected chi connectivity index (χ2v) is 9.04. The van der Waals surface area contributed by atoms with Crippen molar-refractivity contribution in [3.63, 3.8) is 0 Å². The normalized spacial score (nSPS) is 17.6. The summed E-state index contributed by atoms with van der Waals surface area (Å²) in [5.41, 5.74) is 1.44. The molecule has 0 heterocycles. The van der Waals surface area contributed by atoms with E-state index in [1.165, 1.54) is 31.3 Å². The van der Waals surface area contributed by atoms with Gasteiger partial charge in [0, 0.05) is 0 Å². The largest absolute Gasteiger partial charge is 0.476 e. The van der Waals surface area contributed by atoms with Crippen LogP contribution in [0.3, 0.4) is 0 Å². The highest BCUT2D eigenvalue weighted by Gasteiger charge is 2.13. The summed E-state index contributed by atoms with van der Waals surface area (Å²) in [4.78, 5) is 0. The van der Waals surface area contributed by atoms with E-state index >= 15 is 0 Å². The van der Waals surface area contributed by atoms with Crippen molar-refractivity contribution >= 4 is 8.32 Å². The first-order valence-corrected chi connectivity index (χ1v) is 8.42. The molecule has 1 aliphatic rings. The highest BCUT2D eigenvalue weighted by Crippen LogP contribution is 2.23. The highest BCUT2D eigenvalue weighted by atomic mass is 28.4. The Morgan fingerprint density at radius 1 is 1.23 bits per heavy atom. The van der Waals surface area contributed by atoms with E-state index in [1.807, 2.05) is 6.26 Å². The minimum Gasteiger partial charge on any atom is -0.476 e. The van der Waals surface area contributed by atoms with Gasteiger partial charge < -0.3 is 9.16 Å². The van der Waals surface area contributed by atoms with Crippen LogP contribution < -0.4 is 0 Å². The van der Waals surface area contributed by atoms with Gasteiger partial charge in [-0.1, -0.05) is 0 Å². The lowest BCUT2D eigenvalue weighted by Crippen LogP contribution is -2.26. The molecule has 2 nitrogen and oxygen atoms in total. The van der Waals surface area contributed by atoms with Crippen molar-refractivity contribution < 1.29 is 9.16 Å². The first-order chi connectivity index (χ1) is 6.08. The Morgan fingerprint density at radius 3 is 2.38 bits per heavy atom. The molecule has 0 aromatic carbocycles. The fraction of sp³-hybridized carbons (Fsp3) is 0.800. The zero-order valence-corrected chi connectivity index (χ0v) is 9.93. The smallest absolute Gasteiger partial charge is 0.188 e. The molecule has 0 bridgehead atoms. The van der Waals surface area contributed by atoms with Crippen molar-refractivity contribution in [2.75, 3.05) is 6.79 Å². The molecule has 0 aromatic rings. The SMILES string of the molecule is C[Si](C)(C)OCOC=C1CCCC1. The molecule has 13 heavy (non-hydrogen) atoms. The maximum atomic E-state index is 5.56. The van der Waals surface area contributed by atoms with Gasteiger partial charge in [-0.2, -0.15) is 0 Å². The molecule has 0 radical (unpaired) electrons. The lowest BCUT2D eigenvalue weighted by atomic mass is 10.3. The Morgan fingerprint density at radius 2 is 1.85 bits per heavy atom. The lowest BCUT2D eigenvalue weighted by molar-refractivity contribution is 0.0729. The van der Waals surface area contributed by atoms with Crippen molar-refractivity contribution in [1.82, 2.24) is 0 Å². The maximum absolute atomic E-state index is 5.56. The van der Waals surface area contributed by atoms with Gasteiger partial charge in [0.25, 0.3) is 0 Å². The molecule has 1 saturated carbocycles. The first kappa shape index (κ1) is 10.8. The number of hydrogen-bond acceptors (Lipinski definition) is 2. The first-order valence-electron chi connectivity index (χ1n) is 5.01. The Hall–Kier alpha value is -0.283. The van der Waals surface area contributed by atoms with Gasteiger partial charge in [0.05, 0.1) is 6.26 Å². The molecule has 0 aromatic heterocycles. The summed E-state index contributed by atoms with van der Waals surface area (Å²) in [6.45, 7) is 6.93. The third-order valence-corrected chi connectivity index (χ3v) is 3.04. The van der Waals surface area contributed by atoms with Crippen LogP contribution in [0.1, 0.15) is 25.7 Å². The summed E-state index contributed by atoms with van der Waals surface area (Å²) < 4.78 is 10.9. The van der Waals surface area contributed by atoms with E-state index in [9.17, 15) is 0 Å². The van der Waals surface area contributed by atoms with Gasteiger partial charge in [-0.25, -0.2) is 0 Å². The molecule has 0 N–H and O–H groups in total. The van der Waals surface area contributed by atoms with E-state index in [0.29, 0.717) is 6.79 Å². The third kappa shape index (κ3) is 5.11. The summed E-state index contributed by atoms with van der Waals surface area (Å²) in [5, 5.41) is 0. The van der Waals surface area contributed by atoms with Gasteiger partial charge in [0.2, 0.25) is 0 Å². The van der Waals surface area contributed by atoms with Gasteiger partial charge in [-0.05, 0) is 50.9 Å². The molecular weight excluding hydrogens is 180 g/mol. The second kappa shape index (κ2) is 4.82. The topological polar surface area (TPSA) is 18.5 Å². The third-order valence-electron chi connectivity index (χ3n) is 2.06. The van der Waals surface area contributed by atoms with Gasteiger partial charge in [-0.15, -0.1) is 0 Å². The molecule has 76 valence electrons. The van der Waals surface area contributed by atoms with Crippen molar-refractivity contribution in [2.24, 2.45) is 0 Å². The lowest BCUT2D eigenvalue weighted by Gasteiger charge is -2.16. The summed E-state index contributed by atoms with van der Waals surface area (Å²) in [5.74, 6) is 0. The summed E-state index contributed by atoms with van der Waals surface area (Å²) in [6.07, 6.45) is 6.97. The summed E-state index contributed by atoms with van der Waals surface area (Å²) in [6, 6.07) is 0. The van der Waals surface area contributed by atoms with Crippen LogP contribution in [-0.2, 0) is 9.16 Å². The van der Waals surface area contributed by atoms with Crippen molar-refractivity contribution in [2.45, 2.75) is 45.3 Å². The van der Waals surface area contributed by atoms with Crippen LogP contribution in [0.15, 0.2) is 11.8 Å². The molecule has 0 unspecified atom stereocenters. The molecule has 0 spiro atoms. The fourth-order valence-corrected chi connectivity index (χ4v) is 1.73. The van der Waals surface area contributed by atoms with Crippen LogP contribution in [-0.4, -0.2) is 15.1 Å². The van der Waals surface area contributed by atoms with Crippen LogP contribution in [0.2, 0.25) is 19.6 Å². The van der Waals surface area contributed by atoms with E-state index in [0.717, 1.165) is 0 Å². The van der Waals surface area contributed by atoms with Crippen molar-refractivity contribution in [1.29, 1.82) is 0 Å². The van der Waals surface area contributed by atoms with Crippen molar-refractivity contribution in [3.05, 3.63) is 11.8 Å². The van der Waals surface area contributed by atoms with E-state index < -0.39 is 8.32 Å². The molecule has 1 fully saturated rings. The average Bonchev–Trinajstić information content (AvgIpc) is 2.48. The molecular formula is C10H20O2Si. The Balaban J connectivity index is 2.09. The van der Waals surface area contributed by atoms with Crippen LogP contribution >= 0.6 is 0 Å². The van der Waals surface area contributed by atoms with Gasteiger partial charge in [0.15, 0.2) is 15.1 Å². The predicted octanol–water partition coefficient (Wildman–Crippen LogP) is 3.27. The van der Waals surface area contributed by atoms with Crippen LogP contribution in [0, 0.1) is 0 Å². The number of allylic oxidation sites excluding steroid dienone is 1. The van der Waals surface area contributed by atoms with E-state index in [4.69, 9.17) is 9.16 Å². The predicted molar refractivity (Wildman–Crippen MR) is 56.9 cm³/mol. The zero-order chi connectivity index (χ0) is 9.73. The van der Waals surface area contributed by atoms with Gasteiger partial charge in [-0.3, -0.25) is 0 Å². The number of hydrogen-bond donors (Lipinski definition) is 0. The zero-order valence-electron chi connectivity index (χ0n) is 8.93. The highest BCUT2D eigenvalue weighted by molar-refractivity contribution is 6.69. The standard InChI is InChI=1S/C10H20O2Si/c1-13(2,3)12-9-11-8-10-6-4-5-7-10/h8H,4-7,9H2,1-3H3. The average molecular weight is 200 g/mol. The van der Waals surface area contributed by atoms with E-state index in [2.05, 4.69) is 19.6 Å². The van der Waals surface area contributed by atoms with Crippen LogP contribution in [0.5, 0.6) is 0 Å². The molecule has 3 heteroatoms. The van der Waals surface area contributed by atoms with E-state index in [1.54, 1.807) is 0 Å². The Bertz CT molecular complexity index is 174. The second-order valence-electron chi connectivity index (χ2n) is 4.52. The molecule has 0 saturated heterocycles. The fourth-order valence-electron chi connectivity index (χ4n) is 1.31. The maximum Gasteiger partial charge on any atom is 0.188 e. The van der Waals surface area contributed by atoms with Gasteiger partial charge in [0.1, 0.15) is 0 Å². The van der Waals surface area contributed by atoms with E-state index in [-0.39, 0.29) is 0 Å².